The highest BCUT2D eigenvalue weighted by atomic mass is 16.5. The Morgan fingerprint density at radius 1 is 1.04 bits per heavy atom. The molecule has 25 heavy (non-hydrogen) atoms. The highest BCUT2D eigenvalue weighted by Gasteiger charge is 2.16. The number of aryl methyl sites for hydroxylation is 1. The number of ether oxygens (including phenoxy) is 2. The monoisotopic (exact) mass is 336 g/mol. The molecule has 3 rings (SSSR count). The summed E-state index contributed by atoms with van der Waals surface area (Å²) in [5.41, 5.74) is 8.85. The maximum Gasteiger partial charge on any atom is 0.258 e. The molecule has 0 aliphatic heterocycles. The van der Waals surface area contributed by atoms with Crippen LogP contribution in [0, 0.1) is 6.92 Å². The van der Waals surface area contributed by atoms with Crippen molar-refractivity contribution in [1.29, 1.82) is 0 Å². The number of carbonyl (C=O) groups is 1. The third kappa shape index (κ3) is 3.26. The van der Waals surface area contributed by atoms with Gasteiger partial charge in [0, 0.05) is 16.6 Å². The minimum Gasteiger partial charge on any atom is -0.494 e. The average Bonchev–Trinajstić information content (AvgIpc) is 2.61. The minimum absolute atomic E-state index is 0.508. The van der Waals surface area contributed by atoms with Gasteiger partial charge in [-0.15, -0.1) is 0 Å². The van der Waals surface area contributed by atoms with E-state index in [-0.39, 0.29) is 0 Å². The van der Waals surface area contributed by atoms with E-state index in [4.69, 9.17) is 15.2 Å². The van der Waals surface area contributed by atoms with Crippen molar-refractivity contribution in [3.8, 4) is 22.6 Å². The summed E-state index contributed by atoms with van der Waals surface area (Å²) in [5.74, 6) is 0.805. The van der Waals surface area contributed by atoms with Crippen molar-refractivity contribution in [2.75, 3.05) is 7.11 Å². The van der Waals surface area contributed by atoms with E-state index in [1.54, 1.807) is 14.0 Å². The zero-order valence-corrected chi connectivity index (χ0v) is 14.4. The molecule has 0 radical (unpaired) electrons. The van der Waals surface area contributed by atoms with Crippen LogP contribution in [0.15, 0.2) is 48.5 Å². The molecule has 0 saturated carbocycles. The Morgan fingerprint density at radius 2 is 1.80 bits per heavy atom. The first kappa shape index (κ1) is 16.8. The number of aromatic nitrogens is 1. The molecule has 5 nitrogen and oxygen atoms in total. The standard InChI is InChI=1S/C20H20N2O3/c1-12-8-9-16-14(10-11-18(24-3)19(16)22-12)15-6-4-5-7-17(15)25-13(2)20(21)23/h4-11,13H,1-3H3,(H2,21,23)/t13-/m0/s1. The lowest BCUT2D eigenvalue weighted by Crippen LogP contribution is -2.30. The summed E-state index contributed by atoms with van der Waals surface area (Å²) in [6.45, 7) is 3.58. The molecule has 1 heterocycles. The van der Waals surface area contributed by atoms with Crippen LogP contribution in [0.25, 0.3) is 22.0 Å². The summed E-state index contributed by atoms with van der Waals surface area (Å²) in [5, 5.41) is 0.952. The van der Waals surface area contributed by atoms with Crippen molar-refractivity contribution in [2.45, 2.75) is 20.0 Å². The second-order valence-corrected chi connectivity index (χ2v) is 5.82. The molecule has 5 heteroatoms. The summed E-state index contributed by atoms with van der Waals surface area (Å²) < 4.78 is 11.2. The van der Waals surface area contributed by atoms with Gasteiger partial charge in [0.05, 0.1) is 7.11 Å². The molecule has 0 spiro atoms. The van der Waals surface area contributed by atoms with Crippen LogP contribution in [0.3, 0.4) is 0 Å². The first-order valence-electron chi connectivity index (χ1n) is 8.01. The Morgan fingerprint density at radius 3 is 2.52 bits per heavy atom. The van der Waals surface area contributed by atoms with Crippen molar-refractivity contribution in [3.05, 3.63) is 54.2 Å². The van der Waals surface area contributed by atoms with E-state index in [2.05, 4.69) is 4.98 Å². The number of nitrogens with zero attached hydrogens (tertiary/aromatic N) is 1. The van der Waals surface area contributed by atoms with Gasteiger partial charge in [-0.3, -0.25) is 4.79 Å². The number of nitrogens with two attached hydrogens (primary N) is 1. The Kier molecular flexibility index (Phi) is 4.57. The van der Waals surface area contributed by atoms with Gasteiger partial charge in [0.2, 0.25) is 0 Å². The van der Waals surface area contributed by atoms with Gasteiger partial charge in [-0.2, -0.15) is 0 Å². The van der Waals surface area contributed by atoms with Gasteiger partial charge in [0.1, 0.15) is 17.0 Å². The summed E-state index contributed by atoms with van der Waals surface area (Å²) in [7, 11) is 1.63. The summed E-state index contributed by atoms with van der Waals surface area (Å²) >= 11 is 0. The van der Waals surface area contributed by atoms with Gasteiger partial charge in [-0.1, -0.05) is 24.3 Å². The van der Waals surface area contributed by atoms with Crippen molar-refractivity contribution in [2.24, 2.45) is 5.73 Å². The van der Waals surface area contributed by atoms with Crippen LogP contribution >= 0.6 is 0 Å². The smallest absolute Gasteiger partial charge is 0.258 e. The third-order valence-electron chi connectivity index (χ3n) is 4.06. The summed E-state index contributed by atoms with van der Waals surface area (Å²) in [4.78, 5) is 16.0. The Bertz CT molecular complexity index is 937. The molecular weight excluding hydrogens is 316 g/mol. The molecule has 1 aromatic heterocycles. The molecule has 1 amide bonds. The lowest BCUT2D eigenvalue weighted by molar-refractivity contribution is -0.123. The molecule has 3 aromatic rings. The Balaban J connectivity index is 2.19. The fourth-order valence-corrected chi connectivity index (χ4v) is 2.73. The van der Waals surface area contributed by atoms with Crippen molar-refractivity contribution < 1.29 is 14.3 Å². The highest BCUT2D eigenvalue weighted by molar-refractivity contribution is 5.99. The van der Waals surface area contributed by atoms with Gasteiger partial charge in [-0.05, 0) is 43.7 Å². The van der Waals surface area contributed by atoms with Crippen LogP contribution in [-0.2, 0) is 4.79 Å². The molecule has 0 bridgehead atoms. The molecule has 128 valence electrons. The number of rotatable bonds is 5. The SMILES string of the molecule is COc1ccc(-c2ccccc2O[C@@H](C)C(N)=O)c2ccc(C)nc12. The van der Waals surface area contributed by atoms with Gasteiger partial charge < -0.3 is 15.2 Å². The van der Waals surface area contributed by atoms with Crippen LogP contribution < -0.4 is 15.2 Å². The van der Waals surface area contributed by atoms with E-state index in [1.807, 2.05) is 55.5 Å². The number of hydrogen-bond acceptors (Lipinski definition) is 4. The largest absolute Gasteiger partial charge is 0.494 e. The van der Waals surface area contributed by atoms with Crippen molar-refractivity contribution >= 4 is 16.8 Å². The van der Waals surface area contributed by atoms with Crippen molar-refractivity contribution in [1.82, 2.24) is 4.98 Å². The molecule has 0 fully saturated rings. The van der Waals surface area contributed by atoms with Crippen LogP contribution in [-0.4, -0.2) is 24.1 Å². The lowest BCUT2D eigenvalue weighted by Gasteiger charge is -2.17. The summed E-state index contributed by atoms with van der Waals surface area (Å²) in [6.07, 6.45) is -0.717. The molecule has 2 aromatic carbocycles. The van der Waals surface area contributed by atoms with Crippen LogP contribution in [0.4, 0.5) is 0 Å². The number of benzene rings is 2. The first-order valence-corrected chi connectivity index (χ1v) is 8.01. The third-order valence-corrected chi connectivity index (χ3v) is 4.06. The quantitative estimate of drug-likeness (QED) is 0.774. The molecule has 0 aliphatic carbocycles. The number of carbonyl (C=O) groups excluding carboxylic acids is 1. The molecule has 0 saturated heterocycles. The molecule has 0 aliphatic rings. The topological polar surface area (TPSA) is 74.4 Å². The van der Waals surface area contributed by atoms with Crippen molar-refractivity contribution in [3.63, 3.8) is 0 Å². The fraction of sp³-hybridized carbons (Fsp3) is 0.200. The lowest BCUT2D eigenvalue weighted by atomic mass is 9.99. The number of hydrogen-bond donors (Lipinski definition) is 1. The van der Waals surface area contributed by atoms with E-state index < -0.39 is 12.0 Å². The zero-order chi connectivity index (χ0) is 18.0. The maximum absolute atomic E-state index is 11.4. The number of pyridine rings is 1. The molecule has 1 atom stereocenters. The van der Waals surface area contributed by atoms with Gasteiger partial charge in [0.25, 0.3) is 5.91 Å². The Labute approximate surface area is 146 Å². The van der Waals surface area contributed by atoms with E-state index in [0.717, 1.165) is 27.7 Å². The second kappa shape index (κ2) is 6.81. The number of primary amides is 1. The van der Waals surface area contributed by atoms with Gasteiger partial charge >= 0.3 is 0 Å². The van der Waals surface area contributed by atoms with Crippen LogP contribution in [0.1, 0.15) is 12.6 Å². The fourth-order valence-electron chi connectivity index (χ4n) is 2.73. The number of methoxy groups -OCH3 is 1. The van der Waals surface area contributed by atoms with Crippen LogP contribution in [0.2, 0.25) is 0 Å². The maximum atomic E-state index is 11.4. The van der Waals surface area contributed by atoms with E-state index in [0.29, 0.717) is 11.5 Å². The normalized spacial score (nSPS) is 12.0. The number of fused-ring (bicyclic) bond motifs is 1. The van der Waals surface area contributed by atoms with Gasteiger partial charge in [0.15, 0.2) is 6.10 Å². The molecular formula is C20H20N2O3. The summed E-state index contributed by atoms with van der Waals surface area (Å²) in [6, 6.07) is 15.4. The van der Waals surface area contributed by atoms with E-state index >= 15 is 0 Å². The van der Waals surface area contributed by atoms with Gasteiger partial charge in [-0.25, -0.2) is 4.98 Å². The zero-order valence-electron chi connectivity index (χ0n) is 14.4. The first-order chi connectivity index (χ1) is 12.0. The molecule has 0 unspecified atom stereocenters. The predicted octanol–water partition coefficient (Wildman–Crippen LogP) is 3.47. The molecule has 2 N–H and O–H groups in total. The minimum atomic E-state index is -0.717. The Hall–Kier alpha value is -3.08. The van der Waals surface area contributed by atoms with E-state index in [9.17, 15) is 4.79 Å². The number of amides is 1. The van der Waals surface area contributed by atoms with E-state index in [1.165, 1.54) is 0 Å². The second-order valence-electron chi connectivity index (χ2n) is 5.82. The highest BCUT2D eigenvalue weighted by Crippen LogP contribution is 2.38. The van der Waals surface area contributed by atoms with Crippen LogP contribution in [0.5, 0.6) is 11.5 Å². The number of para-hydroxylation sites is 1. The average molecular weight is 336 g/mol. The predicted molar refractivity (Wildman–Crippen MR) is 97.8 cm³/mol.